The number of amides is 1. The van der Waals surface area contributed by atoms with Gasteiger partial charge in [0.15, 0.2) is 11.0 Å². The van der Waals surface area contributed by atoms with Crippen molar-refractivity contribution in [2.24, 2.45) is 4.99 Å². The number of benzene rings is 1. The average molecular weight is 430 g/mol. The first-order valence-corrected chi connectivity index (χ1v) is 11.9. The van der Waals surface area contributed by atoms with Crippen LogP contribution in [0, 0.1) is 0 Å². The smallest absolute Gasteiger partial charge is 0.236 e. The van der Waals surface area contributed by atoms with Crippen molar-refractivity contribution < 1.29 is 14.3 Å². The van der Waals surface area contributed by atoms with E-state index in [1.807, 2.05) is 0 Å². The van der Waals surface area contributed by atoms with E-state index in [4.69, 9.17) is 9.47 Å². The van der Waals surface area contributed by atoms with Crippen LogP contribution in [0.4, 0.5) is 5.69 Å². The minimum Gasteiger partial charge on any atom is -0.371 e. The molecule has 3 fully saturated rings. The molecule has 4 rings (SSSR count). The summed E-state index contributed by atoms with van der Waals surface area (Å²) in [6.07, 6.45) is 7.35. The van der Waals surface area contributed by atoms with Gasteiger partial charge in [-0.2, -0.15) is 0 Å². The number of allylic oxidation sites excluding steroid dienone is 1. The van der Waals surface area contributed by atoms with Gasteiger partial charge < -0.3 is 19.7 Å². The molecule has 0 unspecified atom stereocenters. The molecule has 0 radical (unpaired) electrons. The monoisotopic (exact) mass is 429 g/mol. The summed E-state index contributed by atoms with van der Waals surface area (Å²) < 4.78 is 11.6. The van der Waals surface area contributed by atoms with Crippen LogP contribution in [0.5, 0.6) is 0 Å². The predicted molar refractivity (Wildman–Crippen MR) is 123 cm³/mol. The van der Waals surface area contributed by atoms with Crippen molar-refractivity contribution >= 4 is 34.6 Å². The molecule has 1 spiro atoms. The molecule has 1 amide bonds. The SMILES string of the molecule is CC(=Cc1ccc(N2CCC3(CC2)OCCO3)cc1)CCCCN=C1NC(=O)CS1. The van der Waals surface area contributed by atoms with E-state index in [0.29, 0.717) is 5.75 Å². The van der Waals surface area contributed by atoms with Gasteiger partial charge in [0.25, 0.3) is 0 Å². The highest BCUT2D eigenvalue weighted by molar-refractivity contribution is 8.15. The van der Waals surface area contributed by atoms with E-state index in [1.54, 1.807) is 0 Å². The van der Waals surface area contributed by atoms with Gasteiger partial charge in [-0.05, 0) is 43.9 Å². The highest BCUT2D eigenvalue weighted by Crippen LogP contribution is 2.33. The lowest BCUT2D eigenvalue weighted by atomic mass is 10.0. The molecule has 3 aliphatic rings. The van der Waals surface area contributed by atoms with Gasteiger partial charge in [0.2, 0.25) is 5.91 Å². The van der Waals surface area contributed by atoms with Gasteiger partial charge in [-0.15, -0.1) is 0 Å². The fourth-order valence-electron chi connectivity index (χ4n) is 4.14. The highest BCUT2D eigenvalue weighted by Gasteiger charge is 2.39. The lowest BCUT2D eigenvalue weighted by molar-refractivity contribution is -0.169. The molecule has 162 valence electrons. The van der Waals surface area contributed by atoms with Gasteiger partial charge in [0.05, 0.1) is 19.0 Å². The minimum absolute atomic E-state index is 0.0598. The number of piperidine rings is 1. The zero-order valence-electron chi connectivity index (χ0n) is 17.7. The second kappa shape index (κ2) is 9.98. The Bertz CT molecular complexity index is 790. The van der Waals surface area contributed by atoms with E-state index >= 15 is 0 Å². The summed E-state index contributed by atoms with van der Waals surface area (Å²) in [6, 6.07) is 8.85. The van der Waals surface area contributed by atoms with Crippen molar-refractivity contribution in [2.45, 2.75) is 44.8 Å². The standard InChI is InChI=1S/C23H31N3O3S/c1-18(4-2-3-11-24-22-25-21(27)17-30-22)16-19-5-7-20(8-6-19)26-12-9-23(10-13-26)28-14-15-29-23/h5-8,16H,2-4,9-15,17H2,1H3,(H,24,25,27). The number of carbonyl (C=O) groups excluding carboxylic acids is 1. The number of nitrogens with zero attached hydrogens (tertiary/aromatic N) is 2. The molecule has 0 aromatic heterocycles. The van der Waals surface area contributed by atoms with Crippen LogP contribution in [0.1, 0.15) is 44.6 Å². The first-order valence-electron chi connectivity index (χ1n) is 10.9. The Kier molecular flexibility index (Phi) is 7.12. The second-order valence-corrected chi connectivity index (χ2v) is 9.12. The fourth-order valence-corrected chi connectivity index (χ4v) is 4.84. The average Bonchev–Trinajstić information content (AvgIpc) is 3.38. The lowest BCUT2D eigenvalue weighted by Crippen LogP contribution is -2.45. The van der Waals surface area contributed by atoms with Crippen molar-refractivity contribution in [1.29, 1.82) is 0 Å². The zero-order valence-corrected chi connectivity index (χ0v) is 18.5. The van der Waals surface area contributed by atoms with Crippen molar-refractivity contribution in [1.82, 2.24) is 5.32 Å². The number of rotatable bonds is 7. The zero-order chi connectivity index (χ0) is 20.8. The van der Waals surface area contributed by atoms with Crippen molar-refractivity contribution in [2.75, 3.05) is 43.5 Å². The maximum absolute atomic E-state index is 11.1. The third-order valence-corrected chi connectivity index (χ3v) is 6.74. The Labute approximate surface area is 183 Å². The van der Waals surface area contributed by atoms with E-state index in [0.717, 1.165) is 70.1 Å². The Balaban J connectivity index is 1.20. The summed E-state index contributed by atoms with van der Waals surface area (Å²) in [5.74, 6) is 0.247. The number of nitrogens with one attached hydrogen (secondary N) is 1. The Morgan fingerprint density at radius 1 is 1.20 bits per heavy atom. The van der Waals surface area contributed by atoms with Crippen LogP contribution >= 0.6 is 11.8 Å². The molecular formula is C23H31N3O3S. The van der Waals surface area contributed by atoms with Crippen molar-refractivity contribution in [3.05, 3.63) is 35.4 Å². The number of aliphatic imine (C=N–C) groups is 1. The van der Waals surface area contributed by atoms with Gasteiger partial charge in [-0.3, -0.25) is 9.79 Å². The summed E-state index contributed by atoms with van der Waals surface area (Å²) in [5, 5.41) is 3.55. The number of carbonyl (C=O) groups is 1. The number of hydrogen-bond acceptors (Lipinski definition) is 6. The van der Waals surface area contributed by atoms with E-state index in [2.05, 4.69) is 52.5 Å². The van der Waals surface area contributed by atoms with Crippen molar-refractivity contribution in [3.63, 3.8) is 0 Å². The molecule has 3 aliphatic heterocycles. The van der Waals surface area contributed by atoms with Crippen LogP contribution in [0.3, 0.4) is 0 Å². The largest absolute Gasteiger partial charge is 0.371 e. The highest BCUT2D eigenvalue weighted by atomic mass is 32.2. The first kappa shape index (κ1) is 21.4. The van der Waals surface area contributed by atoms with Gasteiger partial charge >= 0.3 is 0 Å². The summed E-state index contributed by atoms with van der Waals surface area (Å²) in [5.41, 5.74) is 3.90. The molecule has 3 heterocycles. The molecule has 0 saturated carbocycles. The van der Waals surface area contributed by atoms with Crippen molar-refractivity contribution in [3.8, 4) is 0 Å². The molecule has 3 saturated heterocycles. The number of hydrogen-bond donors (Lipinski definition) is 1. The normalized spacial score (nSPS) is 22.8. The summed E-state index contributed by atoms with van der Waals surface area (Å²) in [6.45, 7) is 6.37. The van der Waals surface area contributed by atoms with Crippen LogP contribution in [-0.2, 0) is 14.3 Å². The van der Waals surface area contributed by atoms with E-state index < -0.39 is 0 Å². The van der Waals surface area contributed by atoms with Crippen LogP contribution in [0.15, 0.2) is 34.8 Å². The number of unbranched alkanes of at least 4 members (excludes halogenated alkanes) is 1. The molecule has 0 bridgehead atoms. The maximum atomic E-state index is 11.1. The molecule has 6 nitrogen and oxygen atoms in total. The van der Waals surface area contributed by atoms with Crippen LogP contribution < -0.4 is 10.2 Å². The summed E-state index contributed by atoms with van der Waals surface area (Å²) in [7, 11) is 0. The van der Waals surface area contributed by atoms with Crippen LogP contribution in [0.25, 0.3) is 6.08 Å². The van der Waals surface area contributed by atoms with Gasteiger partial charge in [-0.1, -0.05) is 35.5 Å². The second-order valence-electron chi connectivity index (χ2n) is 8.16. The third-order valence-electron chi connectivity index (χ3n) is 5.83. The molecule has 0 atom stereocenters. The van der Waals surface area contributed by atoms with Crippen LogP contribution in [-0.4, -0.2) is 55.5 Å². The molecule has 7 heteroatoms. The number of amidine groups is 1. The quantitative estimate of drug-likeness (QED) is 0.668. The topological polar surface area (TPSA) is 63.2 Å². The number of anilines is 1. The Hall–Kier alpha value is -1.83. The van der Waals surface area contributed by atoms with Crippen LogP contribution in [0.2, 0.25) is 0 Å². The first-order chi connectivity index (χ1) is 14.6. The number of thioether (sulfide) groups is 1. The van der Waals surface area contributed by atoms with Gasteiger partial charge in [-0.25, -0.2) is 0 Å². The molecule has 30 heavy (non-hydrogen) atoms. The fraction of sp³-hybridized carbons (Fsp3) is 0.565. The van der Waals surface area contributed by atoms with E-state index in [1.165, 1.54) is 28.6 Å². The third kappa shape index (κ3) is 5.65. The molecule has 1 aromatic carbocycles. The minimum atomic E-state index is -0.313. The lowest BCUT2D eigenvalue weighted by Gasteiger charge is -2.38. The Morgan fingerprint density at radius 2 is 1.93 bits per heavy atom. The van der Waals surface area contributed by atoms with Gasteiger partial charge in [0, 0.05) is 38.2 Å². The van der Waals surface area contributed by atoms with Gasteiger partial charge in [0.1, 0.15) is 0 Å². The molecule has 1 N–H and O–H groups in total. The molecule has 0 aliphatic carbocycles. The maximum Gasteiger partial charge on any atom is 0.236 e. The Morgan fingerprint density at radius 3 is 2.60 bits per heavy atom. The van der Waals surface area contributed by atoms with E-state index in [-0.39, 0.29) is 11.7 Å². The number of ether oxygens (including phenoxy) is 2. The van der Waals surface area contributed by atoms with E-state index in [9.17, 15) is 4.79 Å². The molecular weight excluding hydrogens is 398 g/mol. The summed E-state index contributed by atoms with van der Waals surface area (Å²) >= 11 is 1.49. The summed E-state index contributed by atoms with van der Waals surface area (Å²) in [4.78, 5) is 18.0. The predicted octanol–water partition coefficient (Wildman–Crippen LogP) is 3.82. The molecule has 1 aromatic rings.